The lowest BCUT2D eigenvalue weighted by molar-refractivity contribution is -0.144. The van der Waals surface area contributed by atoms with Gasteiger partial charge in [-0.25, -0.2) is 0 Å². The summed E-state index contributed by atoms with van der Waals surface area (Å²) < 4.78 is 16.3. The van der Waals surface area contributed by atoms with E-state index in [2.05, 4.69) is 17.0 Å². The number of ether oxygens (including phenoxy) is 3. The molecule has 1 aromatic carbocycles. The molecule has 0 saturated carbocycles. The topological polar surface area (TPSA) is 51.2 Å². The molecule has 0 aliphatic carbocycles. The van der Waals surface area contributed by atoms with E-state index in [1.54, 1.807) is 7.11 Å². The lowest BCUT2D eigenvalue weighted by atomic mass is 9.94. The molecule has 0 aromatic heterocycles. The molecular formula is C18H24N2O4. The number of esters is 1. The predicted molar refractivity (Wildman–Crippen MR) is 90.5 cm³/mol. The summed E-state index contributed by atoms with van der Waals surface area (Å²) in [4.78, 5) is 15.9. The van der Waals surface area contributed by atoms with E-state index in [1.807, 2.05) is 31.0 Å². The van der Waals surface area contributed by atoms with E-state index in [9.17, 15) is 4.79 Å². The number of likely N-dealkylation sites (N-methyl/N-ethyl adjacent to an activating group) is 1. The lowest BCUT2D eigenvalue weighted by Crippen LogP contribution is -2.36. The van der Waals surface area contributed by atoms with Crippen molar-refractivity contribution >= 4 is 12.0 Å². The molecule has 1 atom stereocenters. The van der Waals surface area contributed by atoms with Gasteiger partial charge < -0.3 is 19.1 Å². The Kier molecular flexibility index (Phi) is 5.06. The minimum absolute atomic E-state index is 0.159. The van der Waals surface area contributed by atoms with Crippen molar-refractivity contribution in [1.29, 1.82) is 0 Å². The molecule has 6 nitrogen and oxygen atoms in total. The summed E-state index contributed by atoms with van der Waals surface area (Å²) >= 11 is 0. The van der Waals surface area contributed by atoms with Crippen molar-refractivity contribution in [2.24, 2.45) is 0 Å². The van der Waals surface area contributed by atoms with Crippen LogP contribution in [-0.2, 0) is 14.3 Å². The number of benzene rings is 1. The number of hydrogen-bond acceptors (Lipinski definition) is 6. The number of methoxy groups -OCH3 is 1. The zero-order valence-electron chi connectivity index (χ0n) is 14.4. The van der Waals surface area contributed by atoms with E-state index in [0.717, 1.165) is 17.0 Å². The first kappa shape index (κ1) is 16.8. The average Bonchev–Trinajstić information content (AvgIpc) is 3.04. The molecule has 1 saturated heterocycles. The second-order valence-electron chi connectivity index (χ2n) is 6.06. The van der Waals surface area contributed by atoms with Crippen LogP contribution in [0, 0.1) is 0 Å². The molecule has 24 heavy (non-hydrogen) atoms. The zero-order valence-corrected chi connectivity index (χ0v) is 14.4. The smallest absolute Gasteiger partial charge is 0.320 e. The Morgan fingerprint density at radius 2 is 2.29 bits per heavy atom. The molecule has 0 N–H and O–H groups in total. The number of rotatable bonds is 6. The summed E-state index contributed by atoms with van der Waals surface area (Å²) in [5.74, 6) is 0.691. The van der Waals surface area contributed by atoms with Crippen LogP contribution in [-0.4, -0.2) is 63.0 Å². The fourth-order valence-corrected chi connectivity index (χ4v) is 3.34. The van der Waals surface area contributed by atoms with Crippen LogP contribution in [0.3, 0.4) is 0 Å². The maximum atomic E-state index is 11.7. The molecule has 0 radical (unpaired) electrons. The number of fused-ring (bicyclic) bond motifs is 3. The van der Waals surface area contributed by atoms with Gasteiger partial charge in [0.05, 0.1) is 32.9 Å². The Morgan fingerprint density at radius 1 is 1.46 bits per heavy atom. The molecule has 1 aromatic rings. The Bertz CT molecular complexity index is 644. The fourth-order valence-electron chi connectivity index (χ4n) is 3.34. The van der Waals surface area contributed by atoms with Crippen molar-refractivity contribution < 1.29 is 19.0 Å². The molecule has 3 rings (SSSR count). The monoisotopic (exact) mass is 332 g/mol. The summed E-state index contributed by atoms with van der Waals surface area (Å²) in [6.45, 7) is 4.36. The van der Waals surface area contributed by atoms with Gasteiger partial charge in [-0.15, -0.1) is 0 Å². The highest BCUT2D eigenvalue weighted by atomic mass is 16.5. The van der Waals surface area contributed by atoms with Crippen molar-refractivity contribution in [2.75, 3.05) is 47.2 Å². The van der Waals surface area contributed by atoms with Gasteiger partial charge in [-0.3, -0.25) is 9.69 Å². The van der Waals surface area contributed by atoms with Crippen LogP contribution in [0.5, 0.6) is 5.75 Å². The van der Waals surface area contributed by atoms with E-state index in [1.165, 1.54) is 5.56 Å². The Balaban J connectivity index is 1.82. The molecule has 0 unspecified atom stereocenters. The molecule has 2 heterocycles. The SMILES string of the molecule is CCOC(=O)CN(C)CC1=Cc2cccc(OC)c2[C@@H]2COCN12. The quantitative estimate of drug-likeness (QED) is 0.742. The average molecular weight is 332 g/mol. The highest BCUT2D eigenvalue weighted by Crippen LogP contribution is 2.42. The summed E-state index contributed by atoms with van der Waals surface area (Å²) in [5, 5.41) is 0. The predicted octanol–water partition coefficient (Wildman–Crippen LogP) is 1.88. The van der Waals surface area contributed by atoms with Crippen LogP contribution in [0.15, 0.2) is 23.9 Å². The number of hydrogen-bond donors (Lipinski definition) is 0. The van der Waals surface area contributed by atoms with Crippen LogP contribution in [0.1, 0.15) is 24.1 Å². The molecular weight excluding hydrogens is 308 g/mol. The molecule has 6 heteroatoms. The Hall–Kier alpha value is -2.05. The van der Waals surface area contributed by atoms with Gasteiger partial charge in [-0.1, -0.05) is 12.1 Å². The van der Waals surface area contributed by atoms with Gasteiger partial charge >= 0.3 is 5.97 Å². The fraction of sp³-hybridized carbons (Fsp3) is 0.500. The third-order valence-electron chi connectivity index (χ3n) is 4.36. The second-order valence-corrected chi connectivity index (χ2v) is 6.06. The van der Waals surface area contributed by atoms with Crippen LogP contribution >= 0.6 is 0 Å². The van der Waals surface area contributed by atoms with Crippen LogP contribution in [0.2, 0.25) is 0 Å². The van der Waals surface area contributed by atoms with E-state index < -0.39 is 0 Å². The van der Waals surface area contributed by atoms with Crippen LogP contribution in [0.4, 0.5) is 0 Å². The number of carbonyl (C=O) groups is 1. The lowest BCUT2D eigenvalue weighted by Gasteiger charge is -2.35. The van der Waals surface area contributed by atoms with Crippen LogP contribution < -0.4 is 4.74 Å². The summed E-state index contributed by atoms with van der Waals surface area (Å²) in [5.41, 5.74) is 3.47. The van der Waals surface area contributed by atoms with Gasteiger partial charge in [0.15, 0.2) is 0 Å². The highest BCUT2D eigenvalue weighted by Gasteiger charge is 2.35. The number of carbonyl (C=O) groups excluding carboxylic acids is 1. The van der Waals surface area contributed by atoms with E-state index in [0.29, 0.717) is 26.5 Å². The maximum Gasteiger partial charge on any atom is 0.320 e. The molecule has 0 bridgehead atoms. The van der Waals surface area contributed by atoms with Crippen molar-refractivity contribution in [3.8, 4) is 5.75 Å². The molecule has 0 amide bonds. The maximum absolute atomic E-state index is 11.7. The second kappa shape index (κ2) is 7.23. The van der Waals surface area contributed by atoms with Gasteiger partial charge in [-0.05, 0) is 31.7 Å². The minimum atomic E-state index is -0.201. The van der Waals surface area contributed by atoms with Crippen molar-refractivity contribution in [3.63, 3.8) is 0 Å². The van der Waals surface area contributed by atoms with Gasteiger partial charge in [0.1, 0.15) is 12.5 Å². The first-order valence-electron chi connectivity index (χ1n) is 8.20. The van der Waals surface area contributed by atoms with Crippen molar-refractivity contribution in [3.05, 3.63) is 35.0 Å². The highest BCUT2D eigenvalue weighted by molar-refractivity contribution is 5.71. The van der Waals surface area contributed by atoms with Crippen molar-refractivity contribution in [2.45, 2.75) is 13.0 Å². The largest absolute Gasteiger partial charge is 0.496 e. The molecule has 0 spiro atoms. The Labute approximate surface area is 142 Å². The molecule has 1 fully saturated rings. The summed E-state index contributed by atoms with van der Waals surface area (Å²) in [6, 6.07) is 6.24. The number of nitrogens with zero attached hydrogens (tertiary/aromatic N) is 2. The van der Waals surface area contributed by atoms with Gasteiger partial charge in [0.25, 0.3) is 0 Å². The van der Waals surface area contributed by atoms with Crippen LogP contribution in [0.25, 0.3) is 6.08 Å². The Morgan fingerprint density at radius 3 is 3.04 bits per heavy atom. The minimum Gasteiger partial charge on any atom is -0.496 e. The third-order valence-corrected chi connectivity index (χ3v) is 4.36. The van der Waals surface area contributed by atoms with Crippen molar-refractivity contribution in [1.82, 2.24) is 9.80 Å². The van der Waals surface area contributed by atoms with Gasteiger partial charge in [0, 0.05) is 17.8 Å². The first-order chi connectivity index (χ1) is 11.6. The summed E-state index contributed by atoms with van der Waals surface area (Å²) in [7, 11) is 3.62. The molecule has 130 valence electrons. The first-order valence-corrected chi connectivity index (χ1v) is 8.20. The standard InChI is InChI=1S/C18H24N2O4/c1-4-24-17(21)10-19(2)9-14-8-13-6-5-7-16(22-3)18(13)15-11-23-12-20(14)15/h5-8,15H,4,9-12H2,1-3H3/t15-/m0/s1. The normalized spacial score (nSPS) is 18.9. The van der Waals surface area contributed by atoms with E-state index in [-0.39, 0.29) is 18.6 Å². The zero-order chi connectivity index (χ0) is 17.1. The molecule has 2 aliphatic heterocycles. The van der Waals surface area contributed by atoms with E-state index in [4.69, 9.17) is 14.2 Å². The third kappa shape index (κ3) is 3.25. The van der Waals surface area contributed by atoms with Gasteiger partial charge in [-0.2, -0.15) is 0 Å². The van der Waals surface area contributed by atoms with Gasteiger partial charge in [0.2, 0.25) is 0 Å². The summed E-state index contributed by atoms with van der Waals surface area (Å²) in [6.07, 6.45) is 2.16. The molecule has 2 aliphatic rings. The van der Waals surface area contributed by atoms with E-state index >= 15 is 0 Å².